The average molecular weight is 633 g/mol. The predicted octanol–water partition coefficient (Wildman–Crippen LogP) is 6.06. The van der Waals surface area contributed by atoms with Crippen LogP contribution in [0.15, 0.2) is 77.7 Å². The predicted molar refractivity (Wildman–Crippen MR) is 165 cm³/mol. The highest BCUT2D eigenvalue weighted by Crippen LogP contribution is 2.30. The lowest BCUT2D eigenvalue weighted by atomic mass is 9.95. The van der Waals surface area contributed by atoms with Gasteiger partial charge in [-0.3, -0.25) is 13.9 Å². The van der Waals surface area contributed by atoms with Crippen molar-refractivity contribution >= 4 is 50.7 Å². The van der Waals surface area contributed by atoms with Crippen molar-refractivity contribution in [2.24, 2.45) is 0 Å². The summed E-state index contributed by atoms with van der Waals surface area (Å²) >= 11 is 12.5. The number of nitrogens with zero attached hydrogens (tertiary/aromatic N) is 2. The number of carbonyl (C=O) groups excluding carboxylic acids is 2. The molecule has 0 saturated heterocycles. The van der Waals surface area contributed by atoms with E-state index in [-0.39, 0.29) is 39.1 Å². The van der Waals surface area contributed by atoms with Crippen molar-refractivity contribution in [1.29, 1.82) is 0 Å². The minimum absolute atomic E-state index is 0.00339. The summed E-state index contributed by atoms with van der Waals surface area (Å²) in [6, 6.07) is 18.5. The fourth-order valence-corrected chi connectivity index (χ4v) is 6.98. The Morgan fingerprint density at radius 2 is 1.62 bits per heavy atom. The fourth-order valence-electron chi connectivity index (χ4n) is 5.05. The standard InChI is InChI=1S/C31H35Cl2N3O5S/c1-22(31(38)34-26-11-5-3-6-12-26)35(20-23-10-9-13-28(16-23)41-2)30(37)21-36(27-18-24(32)17-25(33)19-27)42(39,40)29-14-7-4-8-15-29/h4,7-10,13-19,22,26H,3,5-6,11-12,20-21H2,1-2H3,(H,34,38)/t22-/m1/s1. The topological polar surface area (TPSA) is 96.0 Å². The summed E-state index contributed by atoms with van der Waals surface area (Å²) in [5, 5.41) is 3.52. The summed E-state index contributed by atoms with van der Waals surface area (Å²) in [6.45, 7) is 1.13. The number of methoxy groups -OCH3 is 1. The van der Waals surface area contributed by atoms with Crippen molar-refractivity contribution in [3.05, 3.63) is 88.4 Å². The van der Waals surface area contributed by atoms with Crippen molar-refractivity contribution in [2.45, 2.75) is 62.6 Å². The van der Waals surface area contributed by atoms with Gasteiger partial charge in [0.1, 0.15) is 18.3 Å². The molecule has 0 unspecified atom stereocenters. The van der Waals surface area contributed by atoms with Crippen molar-refractivity contribution in [3.63, 3.8) is 0 Å². The molecule has 0 heterocycles. The lowest BCUT2D eigenvalue weighted by Crippen LogP contribution is -2.53. The second-order valence-electron chi connectivity index (χ2n) is 10.3. The smallest absolute Gasteiger partial charge is 0.264 e. The molecular weight excluding hydrogens is 597 g/mol. The van der Waals surface area contributed by atoms with Crippen LogP contribution >= 0.6 is 23.2 Å². The summed E-state index contributed by atoms with van der Waals surface area (Å²) in [4.78, 5) is 28.9. The van der Waals surface area contributed by atoms with Crippen LogP contribution in [0.1, 0.15) is 44.6 Å². The molecule has 0 radical (unpaired) electrons. The second kappa shape index (κ2) is 14.3. The van der Waals surface area contributed by atoms with Crippen LogP contribution in [-0.2, 0) is 26.2 Å². The summed E-state index contributed by atoms with van der Waals surface area (Å²) in [5.74, 6) is -0.262. The van der Waals surface area contributed by atoms with E-state index in [0.717, 1.165) is 42.0 Å². The first kappa shape index (κ1) is 31.7. The summed E-state index contributed by atoms with van der Waals surface area (Å²) < 4.78 is 34.1. The maximum Gasteiger partial charge on any atom is 0.264 e. The van der Waals surface area contributed by atoms with E-state index >= 15 is 0 Å². The molecule has 4 rings (SSSR count). The number of benzene rings is 3. The minimum Gasteiger partial charge on any atom is -0.497 e. The van der Waals surface area contributed by atoms with E-state index in [1.807, 2.05) is 6.07 Å². The number of hydrogen-bond donors (Lipinski definition) is 1. The quantitative estimate of drug-likeness (QED) is 0.277. The number of amides is 2. The molecule has 8 nitrogen and oxygen atoms in total. The second-order valence-corrected chi connectivity index (χ2v) is 13.1. The van der Waals surface area contributed by atoms with Crippen LogP contribution in [0.2, 0.25) is 10.0 Å². The van der Waals surface area contributed by atoms with E-state index in [2.05, 4.69) is 5.32 Å². The number of carbonyl (C=O) groups is 2. The molecule has 42 heavy (non-hydrogen) atoms. The first-order chi connectivity index (χ1) is 20.1. The van der Waals surface area contributed by atoms with Crippen LogP contribution in [0.4, 0.5) is 5.69 Å². The lowest BCUT2D eigenvalue weighted by molar-refractivity contribution is -0.139. The molecule has 1 atom stereocenters. The van der Waals surface area contributed by atoms with E-state index in [4.69, 9.17) is 27.9 Å². The van der Waals surface area contributed by atoms with E-state index < -0.39 is 28.5 Å². The van der Waals surface area contributed by atoms with Gasteiger partial charge < -0.3 is 15.0 Å². The molecule has 3 aromatic carbocycles. The van der Waals surface area contributed by atoms with Gasteiger partial charge in [0.25, 0.3) is 10.0 Å². The zero-order valence-corrected chi connectivity index (χ0v) is 26.0. The monoisotopic (exact) mass is 631 g/mol. The van der Waals surface area contributed by atoms with Gasteiger partial charge in [-0.15, -0.1) is 0 Å². The van der Waals surface area contributed by atoms with E-state index in [0.29, 0.717) is 5.75 Å². The van der Waals surface area contributed by atoms with Crippen LogP contribution < -0.4 is 14.4 Å². The molecular formula is C31H35Cl2N3O5S. The van der Waals surface area contributed by atoms with Gasteiger partial charge in [0.2, 0.25) is 11.8 Å². The van der Waals surface area contributed by atoms with Crippen molar-refractivity contribution in [1.82, 2.24) is 10.2 Å². The van der Waals surface area contributed by atoms with Gasteiger partial charge in [-0.25, -0.2) is 8.42 Å². The molecule has 0 spiro atoms. The molecule has 224 valence electrons. The molecule has 11 heteroatoms. The Labute approximate surface area is 257 Å². The maximum absolute atomic E-state index is 14.1. The minimum atomic E-state index is -4.22. The normalized spacial score (nSPS) is 14.6. The van der Waals surface area contributed by atoms with Gasteiger partial charge >= 0.3 is 0 Å². The molecule has 1 saturated carbocycles. The van der Waals surface area contributed by atoms with Gasteiger partial charge in [-0.2, -0.15) is 0 Å². The largest absolute Gasteiger partial charge is 0.497 e. The fraction of sp³-hybridized carbons (Fsp3) is 0.355. The Morgan fingerprint density at radius 1 is 0.952 bits per heavy atom. The number of sulfonamides is 1. The van der Waals surface area contributed by atoms with Gasteiger partial charge in [0.15, 0.2) is 0 Å². The highest BCUT2D eigenvalue weighted by atomic mass is 35.5. The Morgan fingerprint density at radius 3 is 2.26 bits per heavy atom. The SMILES string of the molecule is COc1cccc(CN(C(=O)CN(c2cc(Cl)cc(Cl)c2)S(=O)(=O)c2ccccc2)[C@H](C)C(=O)NC2CCCCC2)c1. The molecule has 1 N–H and O–H groups in total. The van der Waals surface area contributed by atoms with Crippen LogP contribution in [-0.4, -0.2) is 50.9 Å². The molecule has 2 amide bonds. The summed E-state index contributed by atoms with van der Waals surface area (Å²) in [5.41, 5.74) is 0.855. The number of hydrogen-bond acceptors (Lipinski definition) is 5. The number of halogens is 2. The highest BCUT2D eigenvalue weighted by molar-refractivity contribution is 7.92. The van der Waals surface area contributed by atoms with Crippen molar-refractivity contribution < 1.29 is 22.7 Å². The summed E-state index contributed by atoms with van der Waals surface area (Å²) in [6.07, 6.45) is 5.00. The Kier molecular flexibility index (Phi) is 10.8. The third kappa shape index (κ3) is 7.96. The van der Waals surface area contributed by atoms with Crippen LogP contribution in [0.3, 0.4) is 0 Å². The van der Waals surface area contributed by atoms with E-state index in [1.165, 1.54) is 35.2 Å². The maximum atomic E-state index is 14.1. The van der Waals surface area contributed by atoms with Gasteiger partial charge in [0.05, 0.1) is 17.7 Å². The van der Waals surface area contributed by atoms with Crippen molar-refractivity contribution in [2.75, 3.05) is 18.0 Å². The lowest BCUT2D eigenvalue weighted by Gasteiger charge is -2.33. The first-order valence-electron chi connectivity index (χ1n) is 13.8. The first-order valence-corrected chi connectivity index (χ1v) is 16.0. The highest BCUT2D eigenvalue weighted by Gasteiger charge is 2.33. The summed E-state index contributed by atoms with van der Waals surface area (Å²) in [7, 11) is -2.67. The van der Waals surface area contributed by atoms with Gasteiger partial charge in [-0.05, 0) is 67.8 Å². The van der Waals surface area contributed by atoms with Crippen LogP contribution in [0.25, 0.3) is 0 Å². The molecule has 1 aliphatic rings. The van der Waals surface area contributed by atoms with Gasteiger partial charge in [0, 0.05) is 22.6 Å². The number of nitrogens with one attached hydrogen (secondary N) is 1. The Bertz CT molecular complexity index is 1480. The third-order valence-electron chi connectivity index (χ3n) is 7.35. The zero-order chi connectivity index (χ0) is 30.3. The Hall–Kier alpha value is -3.27. The van der Waals surface area contributed by atoms with Crippen molar-refractivity contribution in [3.8, 4) is 5.75 Å². The molecule has 1 aliphatic carbocycles. The van der Waals surface area contributed by atoms with Crippen LogP contribution in [0.5, 0.6) is 5.75 Å². The molecule has 0 aromatic heterocycles. The number of rotatable bonds is 11. The molecule has 1 fully saturated rings. The third-order valence-corrected chi connectivity index (χ3v) is 9.58. The molecule has 0 bridgehead atoms. The van der Waals surface area contributed by atoms with Gasteiger partial charge in [-0.1, -0.05) is 72.8 Å². The van der Waals surface area contributed by atoms with Crippen LogP contribution in [0, 0.1) is 0 Å². The molecule has 0 aliphatic heterocycles. The zero-order valence-electron chi connectivity index (χ0n) is 23.6. The molecule has 3 aromatic rings. The number of ether oxygens (including phenoxy) is 1. The average Bonchev–Trinajstić information content (AvgIpc) is 2.98. The van der Waals surface area contributed by atoms with E-state index in [9.17, 15) is 18.0 Å². The number of anilines is 1. The van der Waals surface area contributed by atoms with E-state index in [1.54, 1.807) is 50.4 Å². The Balaban J connectivity index is 1.70.